The van der Waals surface area contributed by atoms with E-state index in [1.54, 1.807) is 27.3 Å². The van der Waals surface area contributed by atoms with Gasteiger partial charge in [0, 0.05) is 25.3 Å². The fourth-order valence-electron chi connectivity index (χ4n) is 4.99. The van der Waals surface area contributed by atoms with Gasteiger partial charge in [-0.2, -0.15) is 5.10 Å². The summed E-state index contributed by atoms with van der Waals surface area (Å²) in [5.74, 6) is 0.0380. The molecule has 10 heteroatoms. The minimum absolute atomic E-state index is 0.0459. The van der Waals surface area contributed by atoms with Gasteiger partial charge in [0.25, 0.3) is 5.56 Å². The molecule has 2 atom stereocenters. The number of nitrogens with zero attached hydrogens (tertiary/aromatic N) is 5. The van der Waals surface area contributed by atoms with Gasteiger partial charge in [-0.3, -0.25) is 19.0 Å². The highest BCUT2D eigenvalue weighted by molar-refractivity contribution is 7.99. The SMILES string of the molecule is CCOC(=O)C1CCCN(C(=O)CC2CSc3nc4c(cnn4-c4ccc(C)cc4C)c(=O)n32)C1. The number of fused-ring (bicyclic) bond motifs is 2. The number of amides is 1. The molecule has 1 saturated heterocycles. The summed E-state index contributed by atoms with van der Waals surface area (Å²) in [4.78, 5) is 45.3. The van der Waals surface area contributed by atoms with Crippen LogP contribution < -0.4 is 5.56 Å². The van der Waals surface area contributed by atoms with Crippen LogP contribution in [0.5, 0.6) is 0 Å². The van der Waals surface area contributed by atoms with E-state index in [9.17, 15) is 14.4 Å². The van der Waals surface area contributed by atoms with Crippen molar-refractivity contribution in [2.45, 2.75) is 51.2 Å². The summed E-state index contributed by atoms with van der Waals surface area (Å²) < 4.78 is 8.51. The van der Waals surface area contributed by atoms with Gasteiger partial charge in [0.05, 0.1) is 30.5 Å². The first kappa shape index (κ1) is 23.6. The van der Waals surface area contributed by atoms with Crippen LogP contribution in [0.3, 0.4) is 0 Å². The highest BCUT2D eigenvalue weighted by Crippen LogP contribution is 2.34. The lowest BCUT2D eigenvalue weighted by molar-refractivity contribution is -0.151. The zero-order valence-corrected chi connectivity index (χ0v) is 21.0. The Hall–Kier alpha value is -3.14. The molecule has 4 heterocycles. The van der Waals surface area contributed by atoms with Crippen molar-refractivity contribution >= 4 is 34.7 Å². The van der Waals surface area contributed by atoms with Crippen LogP contribution in [-0.2, 0) is 14.3 Å². The van der Waals surface area contributed by atoms with Gasteiger partial charge in [0.15, 0.2) is 10.8 Å². The smallest absolute Gasteiger partial charge is 0.310 e. The van der Waals surface area contributed by atoms with Gasteiger partial charge in [-0.25, -0.2) is 9.67 Å². The predicted molar refractivity (Wildman–Crippen MR) is 133 cm³/mol. The van der Waals surface area contributed by atoms with Crippen LogP contribution in [-0.4, -0.2) is 61.6 Å². The van der Waals surface area contributed by atoms with E-state index in [1.807, 2.05) is 26.0 Å². The van der Waals surface area contributed by atoms with E-state index in [0.717, 1.165) is 29.7 Å². The number of benzene rings is 1. The third-order valence-electron chi connectivity index (χ3n) is 6.76. The van der Waals surface area contributed by atoms with E-state index in [1.165, 1.54) is 11.8 Å². The summed E-state index contributed by atoms with van der Waals surface area (Å²) in [7, 11) is 0. The molecular formula is C25H29N5O4S. The minimum atomic E-state index is -0.280. The minimum Gasteiger partial charge on any atom is -0.466 e. The molecule has 5 rings (SSSR count). The maximum atomic E-state index is 13.5. The van der Waals surface area contributed by atoms with Crippen molar-refractivity contribution in [3.05, 3.63) is 45.9 Å². The first-order valence-electron chi connectivity index (χ1n) is 12.0. The number of aromatic nitrogens is 4. The van der Waals surface area contributed by atoms with Crippen molar-refractivity contribution < 1.29 is 14.3 Å². The van der Waals surface area contributed by atoms with Gasteiger partial charge < -0.3 is 9.64 Å². The normalized spacial score (nSPS) is 19.7. The molecule has 1 fully saturated rings. The molecule has 0 radical (unpaired) electrons. The van der Waals surface area contributed by atoms with E-state index >= 15 is 0 Å². The van der Waals surface area contributed by atoms with Crippen molar-refractivity contribution in [2.24, 2.45) is 5.92 Å². The molecule has 0 saturated carbocycles. The number of hydrogen-bond acceptors (Lipinski definition) is 7. The lowest BCUT2D eigenvalue weighted by atomic mass is 9.97. The average Bonchev–Trinajstić information content (AvgIpc) is 3.44. The number of esters is 1. The van der Waals surface area contributed by atoms with Crippen LogP contribution in [0.2, 0.25) is 0 Å². The Morgan fingerprint density at radius 2 is 2.09 bits per heavy atom. The monoisotopic (exact) mass is 495 g/mol. The van der Waals surface area contributed by atoms with Crippen molar-refractivity contribution in [2.75, 3.05) is 25.4 Å². The second-order valence-corrected chi connectivity index (χ2v) is 10.2. The maximum absolute atomic E-state index is 13.5. The zero-order chi connectivity index (χ0) is 24.7. The summed E-state index contributed by atoms with van der Waals surface area (Å²) in [6.45, 7) is 7.17. The summed E-state index contributed by atoms with van der Waals surface area (Å²) in [6.07, 6.45) is 3.27. The highest BCUT2D eigenvalue weighted by Gasteiger charge is 2.34. The van der Waals surface area contributed by atoms with Crippen molar-refractivity contribution in [1.29, 1.82) is 0 Å². The van der Waals surface area contributed by atoms with Crippen LogP contribution >= 0.6 is 11.8 Å². The van der Waals surface area contributed by atoms with E-state index < -0.39 is 0 Å². The summed E-state index contributed by atoms with van der Waals surface area (Å²) in [5.41, 5.74) is 3.45. The molecule has 2 aromatic heterocycles. The fraction of sp³-hybridized carbons (Fsp3) is 0.480. The molecule has 2 unspecified atom stereocenters. The molecule has 1 amide bonds. The Bertz CT molecular complexity index is 1360. The molecule has 3 aromatic rings. The second-order valence-electron chi connectivity index (χ2n) is 9.25. The lowest BCUT2D eigenvalue weighted by Gasteiger charge is -2.32. The standard InChI is InChI=1S/C25H29N5O4S/c1-4-34-24(33)17-6-5-9-28(13-17)21(31)11-18-14-35-25-27-22-19(23(32)29(18)25)12-26-30(22)20-8-7-15(2)10-16(20)3/h7-8,10,12,17-18H,4-6,9,11,13-14H2,1-3H3. The number of piperidine rings is 1. The fourth-order valence-corrected chi connectivity index (χ4v) is 6.12. The Balaban J connectivity index is 1.39. The highest BCUT2D eigenvalue weighted by atomic mass is 32.2. The van der Waals surface area contributed by atoms with Crippen LogP contribution in [0.4, 0.5) is 0 Å². The number of thioether (sulfide) groups is 1. The number of hydrogen-bond donors (Lipinski definition) is 0. The molecule has 1 aromatic carbocycles. The molecule has 0 spiro atoms. The van der Waals surface area contributed by atoms with Gasteiger partial charge in [-0.05, 0) is 45.2 Å². The first-order valence-corrected chi connectivity index (χ1v) is 13.0. The summed E-state index contributed by atoms with van der Waals surface area (Å²) in [6, 6.07) is 5.80. The van der Waals surface area contributed by atoms with E-state index in [2.05, 4.69) is 11.2 Å². The third-order valence-corrected chi connectivity index (χ3v) is 7.85. The van der Waals surface area contributed by atoms with Crippen LogP contribution in [0.15, 0.2) is 34.3 Å². The largest absolute Gasteiger partial charge is 0.466 e. The van der Waals surface area contributed by atoms with Crippen LogP contribution in [0, 0.1) is 19.8 Å². The summed E-state index contributed by atoms with van der Waals surface area (Å²) >= 11 is 1.49. The Kier molecular flexibility index (Phi) is 6.39. The van der Waals surface area contributed by atoms with Gasteiger partial charge in [-0.15, -0.1) is 0 Å². The molecule has 35 heavy (non-hydrogen) atoms. The van der Waals surface area contributed by atoms with Gasteiger partial charge in [0.1, 0.15) is 5.39 Å². The van der Waals surface area contributed by atoms with E-state index in [0.29, 0.717) is 41.6 Å². The van der Waals surface area contributed by atoms with Gasteiger partial charge >= 0.3 is 5.97 Å². The number of aryl methyl sites for hydroxylation is 2. The lowest BCUT2D eigenvalue weighted by Crippen LogP contribution is -2.43. The molecule has 0 N–H and O–H groups in total. The Morgan fingerprint density at radius 3 is 2.86 bits per heavy atom. The predicted octanol–water partition coefficient (Wildman–Crippen LogP) is 3.04. The van der Waals surface area contributed by atoms with Gasteiger partial charge in [-0.1, -0.05) is 29.5 Å². The quantitative estimate of drug-likeness (QED) is 0.396. The number of ether oxygens (including phenoxy) is 1. The Morgan fingerprint density at radius 1 is 1.26 bits per heavy atom. The van der Waals surface area contributed by atoms with Crippen molar-refractivity contribution in [1.82, 2.24) is 24.2 Å². The maximum Gasteiger partial charge on any atom is 0.310 e. The van der Waals surface area contributed by atoms with Crippen molar-refractivity contribution in [3.63, 3.8) is 0 Å². The van der Waals surface area contributed by atoms with Gasteiger partial charge in [0.2, 0.25) is 5.91 Å². The molecule has 0 bridgehead atoms. The van der Waals surface area contributed by atoms with Crippen LogP contribution in [0.25, 0.3) is 16.7 Å². The second kappa shape index (κ2) is 9.49. The third kappa shape index (κ3) is 4.35. The topological polar surface area (TPSA) is 99.3 Å². The van der Waals surface area contributed by atoms with E-state index in [4.69, 9.17) is 9.72 Å². The van der Waals surface area contributed by atoms with E-state index in [-0.39, 0.29) is 35.8 Å². The number of carbonyl (C=O) groups is 2. The average molecular weight is 496 g/mol. The Labute approximate surface area is 207 Å². The van der Waals surface area contributed by atoms with Crippen molar-refractivity contribution in [3.8, 4) is 5.69 Å². The molecule has 2 aliphatic rings. The molecular weight excluding hydrogens is 466 g/mol. The molecule has 9 nitrogen and oxygen atoms in total. The molecule has 0 aliphatic carbocycles. The van der Waals surface area contributed by atoms with Crippen LogP contribution in [0.1, 0.15) is 43.4 Å². The number of carbonyl (C=O) groups excluding carboxylic acids is 2. The molecule has 184 valence electrons. The zero-order valence-electron chi connectivity index (χ0n) is 20.2. The summed E-state index contributed by atoms with van der Waals surface area (Å²) in [5, 5.41) is 5.51. The number of likely N-dealkylation sites (tertiary alicyclic amines) is 1. The first-order chi connectivity index (χ1) is 16.9. The molecule has 2 aliphatic heterocycles. The number of rotatable bonds is 5.